The number of ether oxygens (including phenoxy) is 1. The molecule has 0 aliphatic heterocycles. The van der Waals surface area contributed by atoms with E-state index in [1.54, 1.807) is 13.3 Å². The number of halogens is 1. The predicted molar refractivity (Wildman–Crippen MR) is 63.5 cm³/mol. The van der Waals surface area contributed by atoms with E-state index in [9.17, 15) is 0 Å². The second-order valence-electron chi connectivity index (χ2n) is 2.91. The summed E-state index contributed by atoms with van der Waals surface area (Å²) in [6, 6.07) is 5.60. The SMILES string of the molecule is COc1ccc(-c2cnc(N)s2)cc1Cl. The highest BCUT2D eigenvalue weighted by atomic mass is 35.5. The maximum atomic E-state index is 6.01. The van der Waals surface area contributed by atoms with E-state index in [1.165, 1.54) is 11.3 Å². The van der Waals surface area contributed by atoms with Crippen LogP contribution in [0.1, 0.15) is 0 Å². The summed E-state index contributed by atoms with van der Waals surface area (Å²) in [6.45, 7) is 0. The molecule has 78 valence electrons. The third-order valence-corrected chi connectivity index (χ3v) is 3.13. The Hall–Kier alpha value is -1.26. The van der Waals surface area contributed by atoms with E-state index in [-0.39, 0.29) is 0 Å². The number of benzene rings is 1. The molecule has 0 saturated heterocycles. The van der Waals surface area contributed by atoms with E-state index in [0.29, 0.717) is 15.9 Å². The molecule has 15 heavy (non-hydrogen) atoms. The molecule has 1 heterocycles. The number of hydrogen-bond donors (Lipinski definition) is 1. The molecular weight excluding hydrogens is 232 g/mol. The number of nitrogen functional groups attached to an aromatic ring is 1. The second-order valence-corrected chi connectivity index (χ2v) is 4.38. The zero-order valence-electron chi connectivity index (χ0n) is 8.03. The summed E-state index contributed by atoms with van der Waals surface area (Å²) in [5, 5.41) is 1.14. The van der Waals surface area contributed by atoms with Crippen LogP contribution >= 0.6 is 22.9 Å². The number of rotatable bonds is 2. The predicted octanol–water partition coefficient (Wildman–Crippen LogP) is 3.05. The quantitative estimate of drug-likeness (QED) is 0.878. The minimum Gasteiger partial charge on any atom is -0.495 e. The monoisotopic (exact) mass is 240 g/mol. The fraction of sp³-hybridized carbons (Fsp3) is 0.100. The summed E-state index contributed by atoms with van der Waals surface area (Å²) in [5.74, 6) is 0.665. The van der Waals surface area contributed by atoms with Crippen molar-refractivity contribution in [1.82, 2.24) is 4.98 Å². The highest BCUT2D eigenvalue weighted by Crippen LogP contribution is 2.33. The van der Waals surface area contributed by atoms with Gasteiger partial charge in [-0.25, -0.2) is 4.98 Å². The van der Waals surface area contributed by atoms with Gasteiger partial charge in [-0.05, 0) is 23.8 Å². The number of hydrogen-bond acceptors (Lipinski definition) is 4. The van der Waals surface area contributed by atoms with Crippen molar-refractivity contribution in [1.29, 1.82) is 0 Å². The summed E-state index contributed by atoms with van der Waals surface area (Å²) < 4.78 is 5.07. The van der Waals surface area contributed by atoms with Crippen LogP contribution in [0.25, 0.3) is 10.4 Å². The lowest BCUT2D eigenvalue weighted by atomic mass is 10.2. The van der Waals surface area contributed by atoms with Crippen molar-refractivity contribution < 1.29 is 4.74 Å². The molecular formula is C10H9ClN2OS. The molecule has 3 nitrogen and oxygen atoms in total. The van der Waals surface area contributed by atoms with Gasteiger partial charge in [-0.1, -0.05) is 22.9 Å². The van der Waals surface area contributed by atoms with E-state index >= 15 is 0 Å². The Morgan fingerprint density at radius 3 is 2.80 bits per heavy atom. The molecule has 1 aromatic carbocycles. The molecule has 2 rings (SSSR count). The van der Waals surface area contributed by atoms with Gasteiger partial charge in [0.1, 0.15) is 5.75 Å². The molecule has 0 spiro atoms. The van der Waals surface area contributed by atoms with Crippen LogP contribution < -0.4 is 10.5 Å². The zero-order valence-corrected chi connectivity index (χ0v) is 9.60. The fourth-order valence-electron chi connectivity index (χ4n) is 1.24. The molecule has 0 aliphatic rings. The van der Waals surface area contributed by atoms with Gasteiger partial charge in [-0.3, -0.25) is 0 Å². The molecule has 5 heteroatoms. The van der Waals surface area contributed by atoms with Crippen molar-refractivity contribution in [3.63, 3.8) is 0 Å². The van der Waals surface area contributed by atoms with Gasteiger partial charge >= 0.3 is 0 Å². The molecule has 0 bridgehead atoms. The first-order valence-corrected chi connectivity index (χ1v) is 5.45. The molecule has 0 aliphatic carbocycles. The number of methoxy groups -OCH3 is 1. The average molecular weight is 241 g/mol. The van der Waals surface area contributed by atoms with Gasteiger partial charge in [0.2, 0.25) is 0 Å². The van der Waals surface area contributed by atoms with Crippen LogP contribution in [0, 0.1) is 0 Å². The highest BCUT2D eigenvalue weighted by Gasteiger charge is 2.06. The zero-order chi connectivity index (χ0) is 10.8. The first-order chi connectivity index (χ1) is 7.20. The van der Waals surface area contributed by atoms with Gasteiger partial charge in [0.25, 0.3) is 0 Å². The van der Waals surface area contributed by atoms with E-state index in [2.05, 4.69) is 4.98 Å². The topological polar surface area (TPSA) is 48.1 Å². The average Bonchev–Trinajstić information content (AvgIpc) is 2.65. The van der Waals surface area contributed by atoms with Crippen LogP contribution in [0.5, 0.6) is 5.75 Å². The standard InChI is InChI=1S/C10H9ClN2OS/c1-14-8-3-2-6(4-7(8)11)9-5-13-10(12)15-9/h2-5H,1H3,(H2,12,13). The normalized spacial score (nSPS) is 10.3. The van der Waals surface area contributed by atoms with Crippen LogP contribution in [0.15, 0.2) is 24.4 Å². The Morgan fingerprint density at radius 2 is 2.27 bits per heavy atom. The molecule has 0 unspecified atom stereocenters. The number of thiazole rings is 1. The van der Waals surface area contributed by atoms with Gasteiger partial charge in [-0.15, -0.1) is 0 Å². The van der Waals surface area contributed by atoms with Gasteiger partial charge < -0.3 is 10.5 Å². The highest BCUT2D eigenvalue weighted by molar-refractivity contribution is 7.18. The van der Waals surface area contributed by atoms with Crippen molar-refractivity contribution in [2.75, 3.05) is 12.8 Å². The largest absolute Gasteiger partial charge is 0.495 e. The van der Waals surface area contributed by atoms with Gasteiger partial charge in [-0.2, -0.15) is 0 Å². The van der Waals surface area contributed by atoms with Crippen LogP contribution in [0.3, 0.4) is 0 Å². The molecule has 0 radical (unpaired) electrons. The molecule has 2 aromatic rings. The first-order valence-electron chi connectivity index (χ1n) is 4.26. The summed E-state index contributed by atoms with van der Waals surface area (Å²) in [6.07, 6.45) is 1.73. The molecule has 2 N–H and O–H groups in total. The molecule has 0 atom stereocenters. The Labute approximate surface area is 96.5 Å². The third-order valence-electron chi connectivity index (χ3n) is 1.96. The van der Waals surface area contributed by atoms with Crippen molar-refractivity contribution in [3.05, 3.63) is 29.4 Å². The molecule has 0 saturated carbocycles. The number of aromatic nitrogens is 1. The minimum absolute atomic E-state index is 0.553. The number of nitrogens with two attached hydrogens (primary N) is 1. The lowest BCUT2D eigenvalue weighted by Gasteiger charge is -2.03. The Kier molecular flexibility index (Phi) is 2.79. The van der Waals surface area contributed by atoms with E-state index < -0.39 is 0 Å². The van der Waals surface area contributed by atoms with E-state index in [4.69, 9.17) is 22.1 Å². The van der Waals surface area contributed by atoms with Crippen molar-refractivity contribution in [2.45, 2.75) is 0 Å². The Morgan fingerprint density at radius 1 is 1.47 bits per heavy atom. The summed E-state index contributed by atoms with van der Waals surface area (Å²) >= 11 is 7.44. The van der Waals surface area contributed by atoms with Crippen molar-refractivity contribution >= 4 is 28.1 Å². The van der Waals surface area contributed by atoms with Crippen LogP contribution in [0.2, 0.25) is 5.02 Å². The molecule has 0 fully saturated rings. The van der Waals surface area contributed by atoms with Gasteiger partial charge in [0.15, 0.2) is 5.13 Å². The molecule has 0 amide bonds. The molecule has 1 aromatic heterocycles. The minimum atomic E-state index is 0.553. The lowest BCUT2D eigenvalue weighted by Crippen LogP contribution is -1.83. The van der Waals surface area contributed by atoms with Crippen LogP contribution in [0.4, 0.5) is 5.13 Å². The van der Waals surface area contributed by atoms with Gasteiger partial charge in [0, 0.05) is 6.20 Å². The lowest BCUT2D eigenvalue weighted by molar-refractivity contribution is 0.415. The Balaban J connectivity index is 2.42. The van der Waals surface area contributed by atoms with Crippen molar-refractivity contribution in [3.8, 4) is 16.2 Å². The summed E-state index contributed by atoms with van der Waals surface area (Å²) in [4.78, 5) is 4.98. The maximum Gasteiger partial charge on any atom is 0.180 e. The smallest absolute Gasteiger partial charge is 0.180 e. The van der Waals surface area contributed by atoms with Crippen LogP contribution in [-0.4, -0.2) is 12.1 Å². The fourth-order valence-corrected chi connectivity index (χ4v) is 2.18. The Bertz CT molecular complexity index is 484. The third kappa shape index (κ3) is 2.06. The summed E-state index contributed by atoms with van der Waals surface area (Å²) in [7, 11) is 1.59. The first kappa shape index (κ1) is 10.3. The number of anilines is 1. The van der Waals surface area contributed by atoms with E-state index in [1.807, 2.05) is 18.2 Å². The van der Waals surface area contributed by atoms with E-state index in [0.717, 1.165) is 10.4 Å². The van der Waals surface area contributed by atoms with Crippen molar-refractivity contribution in [2.24, 2.45) is 0 Å². The van der Waals surface area contributed by atoms with Crippen LogP contribution in [-0.2, 0) is 0 Å². The maximum absolute atomic E-state index is 6.01. The van der Waals surface area contributed by atoms with Gasteiger partial charge in [0.05, 0.1) is 17.0 Å². The number of nitrogens with zero attached hydrogens (tertiary/aromatic N) is 1. The summed E-state index contributed by atoms with van der Waals surface area (Å²) in [5.41, 5.74) is 6.56. The second kappa shape index (κ2) is 4.08.